The Kier molecular flexibility index (Phi) is 6.10. The third-order valence-electron chi connectivity index (χ3n) is 2.71. The van der Waals surface area contributed by atoms with E-state index in [1.54, 1.807) is 20.3 Å². The summed E-state index contributed by atoms with van der Waals surface area (Å²) in [4.78, 5) is 12.4. The molecule has 0 radical (unpaired) electrons. The first-order chi connectivity index (χ1) is 8.54. The summed E-state index contributed by atoms with van der Waals surface area (Å²) in [5.74, 6) is 1.12. The monoisotopic (exact) mass is 332 g/mol. The molecule has 0 aromatic heterocycles. The van der Waals surface area contributed by atoms with Crippen molar-refractivity contribution in [3.05, 3.63) is 22.2 Å². The molecule has 3 nitrogen and oxygen atoms in total. The van der Waals surface area contributed by atoms with Gasteiger partial charge in [-0.1, -0.05) is 13.8 Å². The zero-order valence-corrected chi connectivity index (χ0v) is 13.6. The van der Waals surface area contributed by atoms with Gasteiger partial charge in [0.05, 0.1) is 18.7 Å². The maximum absolute atomic E-state index is 12.4. The van der Waals surface area contributed by atoms with Gasteiger partial charge in [0.1, 0.15) is 17.1 Å². The van der Waals surface area contributed by atoms with Gasteiger partial charge in [-0.2, -0.15) is 0 Å². The molecule has 1 aromatic rings. The fourth-order valence-corrected chi connectivity index (χ4v) is 3.05. The molecule has 0 N–H and O–H groups in total. The smallest absolute Gasteiger partial charge is 0.188 e. The minimum absolute atomic E-state index is 0.0827. The Morgan fingerprint density at radius 2 is 2.06 bits per heavy atom. The van der Waals surface area contributed by atoms with Gasteiger partial charge in [-0.3, -0.25) is 4.79 Å². The number of hydrogen-bond donors (Lipinski definition) is 0. The van der Waals surface area contributed by atoms with Gasteiger partial charge in [0, 0.05) is 0 Å². The van der Waals surface area contributed by atoms with Crippen molar-refractivity contribution in [3.63, 3.8) is 0 Å². The van der Waals surface area contributed by atoms with Crippen LogP contribution in [0, 0.1) is 0 Å². The molecule has 0 heterocycles. The molecule has 2 unspecified atom stereocenters. The molecule has 0 bridgehead atoms. The minimum atomic E-state index is 0.0827. The number of methoxy groups -OCH3 is 2. The average Bonchev–Trinajstić information content (AvgIpc) is 2.37. The van der Waals surface area contributed by atoms with Crippen LogP contribution in [0.1, 0.15) is 30.6 Å². The minimum Gasteiger partial charge on any atom is -0.496 e. The van der Waals surface area contributed by atoms with E-state index >= 15 is 0 Å². The summed E-state index contributed by atoms with van der Waals surface area (Å²) < 4.78 is 11.3. The van der Waals surface area contributed by atoms with Crippen molar-refractivity contribution in [2.24, 2.45) is 0 Å². The number of hydrogen-bond acceptors (Lipinski definition) is 3. The molecule has 18 heavy (non-hydrogen) atoms. The van der Waals surface area contributed by atoms with E-state index in [2.05, 4.69) is 29.8 Å². The maximum atomic E-state index is 12.4. The van der Waals surface area contributed by atoms with Gasteiger partial charge in [-0.25, -0.2) is 0 Å². The van der Waals surface area contributed by atoms with E-state index < -0.39 is 0 Å². The van der Waals surface area contributed by atoms with Crippen molar-refractivity contribution in [2.45, 2.75) is 25.9 Å². The highest BCUT2D eigenvalue weighted by molar-refractivity contribution is 9.10. The van der Waals surface area contributed by atoms with E-state index in [0.29, 0.717) is 22.7 Å². The van der Waals surface area contributed by atoms with Crippen molar-refractivity contribution >= 4 is 30.0 Å². The Morgan fingerprint density at radius 3 is 2.56 bits per heavy atom. The predicted octanol–water partition coefficient (Wildman–Crippen LogP) is 4.08. The van der Waals surface area contributed by atoms with Crippen LogP contribution in [0.3, 0.4) is 0 Å². The van der Waals surface area contributed by atoms with Gasteiger partial charge in [0.25, 0.3) is 0 Å². The molecular formula is C13H18BrO3P. The third-order valence-corrected chi connectivity index (χ3v) is 4.75. The second-order valence-electron chi connectivity index (χ2n) is 3.94. The van der Waals surface area contributed by atoms with Crippen LogP contribution in [0.15, 0.2) is 16.6 Å². The van der Waals surface area contributed by atoms with Gasteiger partial charge >= 0.3 is 0 Å². The lowest BCUT2D eigenvalue weighted by molar-refractivity contribution is 0.107. The van der Waals surface area contributed by atoms with E-state index in [-0.39, 0.29) is 14.1 Å². The molecule has 0 fully saturated rings. The topological polar surface area (TPSA) is 35.5 Å². The van der Waals surface area contributed by atoms with E-state index in [1.807, 2.05) is 6.07 Å². The molecule has 100 valence electrons. The summed E-state index contributed by atoms with van der Waals surface area (Å²) in [6.07, 6.45) is 0.989. The van der Waals surface area contributed by atoms with Crippen molar-refractivity contribution < 1.29 is 14.3 Å². The van der Waals surface area contributed by atoms with Crippen LogP contribution in [-0.2, 0) is 0 Å². The molecule has 0 aliphatic rings. The highest BCUT2D eigenvalue weighted by Crippen LogP contribution is 2.40. The zero-order valence-electron chi connectivity index (χ0n) is 11.0. The van der Waals surface area contributed by atoms with Gasteiger partial charge in [0.2, 0.25) is 0 Å². The molecule has 1 rings (SSSR count). The summed E-state index contributed by atoms with van der Waals surface area (Å²) >= 11 is 3.39. The normalized spacial score (nSPS) is 12.7. The molecule has 2 atom stereocenters. The summed E-state index contributed by atoms with van der Waals surface area (Å²) in [5.41, 5.74) is 0.998. The lowest BCUT2D eigenvalue weighted by atomic mass is 10.2. The highest BCUT2D eigenvalue weighted by Gasteiger charge is 2.21. The summed E-state index contributed by atoms with van der Waals surface area (Å²) in [7, 11) is 3.35. The Bertz CT molecular complexity index is 434. The number of rotatable bonds is 6. The molecule has 1 aromatic carbocycles. The first kappa shape index (κ1) is 15.5. The maximum Gasteiger partial charge on any atom is 0.188 e. The van der Waals surface area contributed by atoms with Crippen LogP contribution in [0.2, 0.25) is 0 Å². The standard InChI is InChI=1S/C13H18BrO3P/c1-5-8(2)18-13(15)11-10(16-3)7-6-9(14)12(11)17-4/h6-8,18H,5H2,1-4H3. The number of carbonyl (C=O) groups is 1. The SMILES string of the molecule is CCC(C)PC(=O)c1c(OC)ccc(Br)c1OC. The predicted molar refractivity (Wildman–Crippen MR) is 79.6 cm³/mol. The number of halogens is 1. The van der Waals surface area contributed by atoms with Gasteiger partial charge in [-0.15, -0.1) is 0 Å². The molecule has 0 spiro atoms. The van der Waals surface area contributed by atoms with Crippen LogP contribution in [0.5, 0.6) is 11.5 Å². The molecule has 5 heteroatoms. The highest BCUT2D eigenvalue weighted by atomic mass is 79.9. The molecule has 0 aliphatic heterocycles. The average molecular weight is 333 g/mol. The Labute approximate surface area is 118 Å². The number of benzene rings is 1. The first-order valence-electron chi connectivity index (χ1n) is 5.76. The van der Waals surface area contributed by atoms with E-state index in [1.165, 1.54) is 0 Å². The van der Waals surface area contributed by atoms with E-state index in [0.717, 1.165) is 10.9 Å². The molecule has 0 amide bonds. The fraction of sp³-hybridized carbons (Fsp3) is 0.462. The van der Waals surface area contributed by atoms with Crippen LogP contribution in [0.4, 0.5) is 0 Å². The molecule has 0 saturated heterocycles. The lowest BCUT2D eigenvalue weighted by Gasteiger charge is -2.15. The van der Waals surface area contributed by atoms with Gasteiger partial charge in [0.15, 0.2) is 5.52 Å². The van der Waals surface area contributed by atoms with Crippen molar-refractivity contribution in [2.75, 3.05) is 14.2 Å². The second-order valence-corrected chi connectivity index (χ2v) is 6.52. The fourth-order valence-electron chi connectivity index (χ4n) is 1.52. The Hall–Kier alpha value is -0.600. The second kappa shape index (κ2) is 7.10. The summed E-state index contributed by atoms with van der Waals surface area (Å²) in [5, 5.41) is 0. The van der Waals surface area contributed by atoms with Crippen LogP contribution in [-0.4, -0.2) is 25.4 Å². The summed E-state index contributed by atoms with van der Waals surface area (Å²) in [6.45, 7) is 4.16. The van der Waals surface area contributed by atoms with Crippen LogP contribution < -0.4 is 9.47 Å². The number of ether oxygens (including phenoxy) is 2. The third kappa shape index (κ3) is 3.46. The molecule has 0 aliphatic carbocycles. The van der Waals surface area contributed by atoms with Gasteiger partial charge < -0.3 is 9.47 Å². The number of carbonyl (C=O) groups excluding carboxylic acids is 1. The van der Waals surface area contributed by atoms with Crippen LogP contribution >= 0.6 is 24.5 Å². The molecule has 0 saturated carbocycles. The Morgan fingerprint density at radius 1 is 1.39 bits per heavy atom. The first-order valence-corrected chi connectivity index (χ1v) is 7.63. The van der Waals surface area contributed by atoms with Crippen LogP contribution in [0.25, 0.3) is 0 Å². The van der Waals surface area contributed by atoms with Gasteiger partial charge in [-0.05, 0) is 48.7 Å². The van der Waals surface area contributed by atoms with E-state index in [9.17, 15) is 4.79 Å². The van der Waals surface area contributed by atoms with Crippen molar-refractivity contribution in [1.29, 1.82) is 0 Å². The molecular weight excluding hydrogens is 315 g/mol. The van der Waals surface area contributed by atoms with E-state index in [4.69, 9.17) is 9.47 Å². The lowest BCUT2D eigenvalue weighted by Crippen LogP contribution is -2.04. The largest absolute Gasteiger partial charge is 0.496 e. The van der Waals surface area contributed by atoms with Crippen molar-refractivity contribution in [3.8, 4) is 11.5 Å². The summed E-state index contributed by atoms with van der Waals surface area (Å²) in [6, 6.07) is 3.60. The Balaban J connectivity index is 3.19. The zero-order chi connectivity index (χ0) is 13.7. The van der Waals surface area contributed by atoms with Crippen molar-refractivity contribution in [1.82, 2.24) is 0 Å². The quantitative estimate of drug-likeness (QED) is 0.736.